The fourth-order valence-electron chi connectivity index (χ4n) is 7.37. The monoisotopic (exact) mass is 687 g/mol. The lowest BCUT2D eigenvalue weighted by atomic mass is 10.00. The molecule has 0 atom stereocenters. The number of hydrogen-bond acceptors (Lipinski definition) is 6. The van der Waals surface area contributed by atoms with Crippen molar-refractivity contribution in [3.05, 3.63) is 152 Å². The first-order chi connectivity index (χ1) is 25.3. The van der Waals surface area contributed by atoms with Crippen molar-refractivity contribution in [2.24, 2.45) is 0 Å². The molecule has 0 fully saturated rings. The van der Waals surface area contributed by atoms with Crippen LogP contribution >= 0.6 is 22.7 Å². The normalized spacial score (nSPS) is 11.9. The molecule has 4 aromatic heterocycles. The van der Waals surface area contributed by atoms with E-state index in [1.54, 1.807) is 11.3 Å². The van der Waals surface area contributed by atoms with Gasteiger partial charge in [0.15, 0.2) is 17.5 Å². The molecule has 0 aliphatic carbocycles. The highest BCUT2D eigenvalue weighted by molar-refractivity contribution is 7.26. The molecule has 11 aromatic rings. The van der Waals surface area contributed by atoms with Crippen molar-refractivity contribution in [3.63, 3.8) is 0 Å². The molecule has 238 valence electrons. The number of benzene rings is 7. The van der Waals surface area contributed by atoms with Gasteiger partial charge in [0, 0.05) is 62.2 Å². The number of hydrogen-bond donors (Lipinski definition) is 0. The summed E-state index contributed by atoms with van der Waals surface area (Å²) < 4.78 is 11.5. The van der Waals surface area contributed by atoms with E-state index in [1.807, 2.05) is 65.9 Å². The quantitative estimate of drug-likeness (QED) is 0.185. The van der Waals surface area contributed by atoms with Gasteiger partial charge in [0.25, 0.3) is 0 Å². The third-order valence-corrected chi connectivity index (χ3v) is 12.2. The molecular weight excluding hydrogens is 663 g/mol. The first-order valence-electron chi connectivity index (χ1n) is 16.9. The van der Waals surface area contributed by atoms with Crippen LogP contribution in [0, 0.1) is 0 Å². The standard InChI is InChI=1S/C45H25N3OS2/c1-2-11-26(12-3-1)43-46-44(34-19-9-16-31-29-13-4-6-21-37(29)49-40(31)34)48-45(47-43)35-20-10-18-33-36-25-27(23-24-39(36)51-42(33)35)28-15-8-17-32-30-14-5-7-22-38(30)50-41(28)32/h1-25H. The van der Waals surface area contributed by atoms with E-state index in [4.69, 9.17) is 19.4 Å². The van der Waals surface area contributed by atoms with Gasteiger partial charge in [-0.15, -0.1) is 22.7 Å². The van der Waals surface area contributed by atoms with Crippen LogP contribution in [0.4, 0.5) is 0 Å². The maximum atomic E-state index is 6.43. The Kier molecular flexibility index (Phi) is 6.26. The second kappa shape index (κ2) is 11.2. The molecule has 7 aromatic carbocycles. The van der Waals surface area contributed by atoms with E-state index in [0.29, 0.717) is 17.5 Å². The fraction of sp³-hybridized carbons (Fsp3) is 0. The highest BCUT2D eigenvalue weighted by Gasteiger charge is 2.20. The van der Waals surface area contributed by atoms with Crippen LogP contribution < -0.4 is 0 Å². The van der Waals surface area contributed by atoms with Crippen LogP contribution in [0.1, 0.15) is 0 Å². The number of aromatic nitrogens is 3. The molecule has 0 amide bonds. The molecule has 0 saturated carbocycles. The fourth-order valence-corrected chi connectivity index (χ4v) is 9.80. The molecular formula is C45H25N3OS2. The first kappa shape index (κ1) is 28.6. The average molecular weight is 688 g/mol. The molecule has 51 heavy (non-hydrogen) atoms. The van der Waals surface area contributed by atoms with Crippen molar-refractivity contribution in [1.29, 1.82) is 0 Å². The molecule has 0 N–H and O–H groups in total. The molecule has 0 spiro atoms. The Morgan fingerprint density at radius 2 is 0.961 bits per heavy atom. The van der Waals surface area contributed by atoms with Crippen LogP contribution in [-0.2, 0) is 0 Å². The Hall–Kier alpha value is -6.21. The molecule has 0 unspecified atom stereocenters. The summed E-state index contributed by atoms with van der Waals surface area (Å²) in [7, 11) is 0. The summed E-state index contributed by atoms with van der Waals surface area (Å²) in [6, 6.07) is 53.2. The zero-order chi connectivity index (χ0) is 33.5. The van der Waals surface area contributed by atoms with Gasteiger partial charge in [0.1, 0.15) is 11.2 Å². The second-order valence-corrected chi connectivity index (χ2v) is 14.8. The molecule has 6 heteroatoms. The van der Waals surface area contributed by atoms with Crippen LogP contribution in [0.3, 0.4) is 0 Å². The van der Waals surface area contributed by atoms with E-state index in [0.717, 1.165) is 43.3 Å². The summed E-state index contributed by atoms with van der Waals surface area (Å²) in [5, 5.41) is 7.17. The molecule has 4 heterocycles. The highest BCUT2D eigenvalue weighted by Crippen LogP contribution is 2.44. The van der Waals surface area contributed by atoms with Crippen LogP contribution in [0.2, 0.25) is 0 Å². The summed E-state index contributed by atoms with van der Waals surface area (Å²) in [6.45, 7) is 0. The summed E-state index contributed by atoms with van der Waals surface area (Å²) in [5.74, 6) is 1.85. The lowest BCUT2D eigenvalue weighted by Crippen LogP contribution is -2.00. The minimum Gasteiger partial charge on any atom is -0.455 e. The van der Waals surface area contributed by atoms with E-state index < -0.39 is 0 Å². The van der Waals surface area contributed by atoms with Crippen molar-refractivity contribution in [3.8, 4) is 45.3 Å². The summed E-state index contributed by atoms with van der Waals surface area (Å²) in [5.41, 5.74) is 6.86. The summed E-state index contributed by atoms with van der Waals surface area (Å²) >= 11 is 3.65. The molecule has 0 aliphatic heterocycles. The predicted octanol–water partition coefficient (Wildman–Crippen LogP) is 13.2. The van der Waals surface area contributed by atoms with E-state index in [2.05, 4.69) is 97.1 Å². The lowest BCUT2D eigenvalue weighted by molar-refractivity contribution is 0.669. The zero-order valence-electron chi connectivity index (χ0n) is 27.0. The average Bonchev–Trinajstić information content (AvgIpc) is 3.89. The van der Waals surface area contributed by atoms with Crippen LogP contribution in [0.15, 0.2) is 156 Å². The molecule has 0 saturated heterocycles. The van der Waals surface area contributed by atoms with Gasteiger partial charge in [-0.1, -0.05) is 115 Å². The van der Waals surface area contributed by atoms with E-state index in [1.165, 1.54) is 46.8 Å². The van der Waals surface area contributed by atoms with Crippen LogP contribution in [-0.4, -0.2) is 15.0 Å². The molecule has 0 radical (unpaired) electrons. The van der Waals surface area contributed by atoms with Gasteiger partial charge in [-0.3, -0.25) is 0 Å². The minimum atomic E-state index is 0.584. The van der Waals surface area contributed by atoms with E-state index in [-0.39, 0.29) is 0 Å². The van der Waals surface area contributed by atoms with Crippen molar-refractivity contribution in [2.75, 3.05) is 0 Å². The Bertz CT molecular complexity index is 3160. The Morgan fingerprint density at radius 1 is 0.373 bits per heavy atom. The Labute approximate surface area is 299 Å². The van der Waals surface area contributed by atoms with Crippen LogP contribution in [0.5, 0.6) is 0 Å². The second-order valence-electron chi connectivity index (χ2n) is 12.7. The van der Waals surface area contributed by atoms with Gasteiger partial charge in [-0.05, 0) is 47.5 Å². The number of nitrogens with zero attached hydrogens (tertiary/aromatic N) is 3. The molecule has 0 aliphatic rings. The highest BCUT2D eigenvalue weighted by atomic mass is 32.1. The van der Waals surface area contributed by atoms with Gasteiger partial charge in [0.2, 0.25) is 0 Å². The van der Waals surface area contributed by atoms with E-state index in [9.17, 15) is 0 Å². The largest absolute Gasteiger partial charge is 0.455 e. The van der Waals surface area contributed by atoms with Gasteiger partial charge < -0.3 is 4.42 Å². The van der Waals surface area contributed by atoms with Crippen molar-refractivity contribution in [1.82, 2.24) is 15.0 Å². The van der Waals surface area contributed by atoms with Crippen molar-refractivity contribution >= 4 is 85.0 Å². The maximum Gasteiger partial charge on any atom is 0.167 e. The topological polar surface area (TPSA) is 51.8 Å². The third-order valence-electron chi connectivity index (χ3n) is 9.77. The van der Waals surface area contributed by atoms with Crippen LogP contribution in [0.25, 0.3) is 108 Å². The number of thiophene rings is 2. The summed E-state index contributed by atoms with van der Waals surface area (Å²) in [6.07, 6.45) is 0. The molecule has 0 bridgehead atoms. The number of fused-ring (bicyclic) bond motifs is 9. The zero-order valence-corrected chi connectivity index (χ0v) is 28.6. The van der Waals surface area contributed by atoms with Crippen molar-refractivity contribution < 1.29 is 4.42 Å². The maximum absolute atomic E-state index is 6.43. The lowest BCUT2D eigenvalue weighted by Gasteiger charge is -2.09. The predicted molar refractivity (Wildman–Crippen MR) is 215 cm³/mol. The number of rotatable bonds is 4. The first-order valence-corrected chi connectivity index (χ1v) is 18.5. The van der Waals surface area contributed by atoms with Gasteiger partial charge >= 0.3 is 0 Å². The molecule has 11 rings (SSSR count). The number of para-hydroxylation sites is 2. The molecule has 4 nitrogen and oxygen atoms in total. The minimum absolute atomic E-state index is 0.584. The SMILES string of the molecule is c1ccc(-c2nc(-c3cccc4c3oc3ccccc34)nc(-c3cccc4c3sc3ccc(-c5cccc6c5sc5ccccc56)cc34)n2)cc1. The van der Waals surface area contributed by atoms with Crippen molar-refractivity contribution in [2.45, 2.75) is 0 Å². The van der Waals surface area contributed by atoms with E-state index >= 15 is 0 Å². The van der Waals surface area contributed by atoms with Gasteiger partial charge in [-0.2, -0.15) is 0 Å². The van der Waals surface area contributed by atoms with Gasteiger partial charge in [-0.25, -0.2) is 15.0 Å². The third kappa shape index (κ3) is 4.47. The Morgan fingerprint density at radius 3 is 1.80 bits per heavy atom. The Balaban J connectivity index is 1.11. The number of furan rings is 1. The summed E-state index contributed by atoms with van der Waals surface area (Å²) in [4.78, 5) is 15.4. The smallest absolute Gasteiger partial charge is 0.167 e. The van der Waals surface area contributed by atoms with Gasteiger partial charge in [0.05, 0.1) is 5.56 Å².